The fourth-order valence-electron chi connectivity index (χ4n) is 5.95. The van der Waals surface area contributed by atoms with Crippen LogP contribution in [-0.4, -0.2) is 62.8 Å². The number of allylic oxidation sites excluding steroid dienone is 1. The molecule has 10 nitrogen and oxygen atoms in total. The molecule has 0 aliphatic heterocycles. The SMILES string of the molecule is C=C[C@@H](C[C@H](O)[C@H](CC1CCCCC1)NC(=O)[C@@H](CNC(=O)[C@H](Cc1ccccc1)NC(=O)O)Cc1c[nH]cn1)C(C)C. The molecule has 0 radical (unpaired) electrons. The first-order valence-corrected chi connectivity index (χ1v) is 15.6. The van der Waals surface area contributed by atoms with Gasteiger partial charge in [-0.15, -0.1) is 6.58 Å². The van der Waals surface area contributed by atoms with Crippen LogP contribution in [0, 0.1) is 23.7 Å². The van der Waals surface area contributed by atoms with Gasteiger partial charge in [-0.25, -0.2) is 9.78 Å². The second-order valence-corrected chi connectivity index (χ2v) is 12.2. The van der Waals surface area contributed by atoms with Crippen LogP contribution in [0.5, 0.6) is 0 Å². The quantitative estimate of drug-likeness (QED) is 0.150. The van der Waals surface area contributed by atoms with Gasteiger partial charge in [0.2, 0.25) is 11.8 Å². The van der Waals surface area contributed by atoms with Gasteiger partial charge in [0, 0.05) is 25.6 Å². The molecular weight excluding hydrogens is 546 g/mol. The second-order valence-electron chi connectivity index (χ2n) is 12.2. The van der Waals surface area contributed by atoms with Crippen molar-refractivity contribution in [3.63, 3.8) is 0 Å². The molecule has 6 N–H and O–H groups in total. The van der Waals surface area contributed by atoms with Gasteiger partial charge in [0.1, 0.15) is 6.04 Å². The van der Waals surface area contributed by atoms with Gasteiger partial charge < -0.3 is 31.1 Å². The molecule has 1 aliphatic rings. The van der Waals surface area contributed by atoms with Crippen LogP contribution in [-0.2, 0) is 22.4 Å². The van der Waals surface area contributed by atoms with Crippen molar-refractivity contribution in [2.75, 3.05) is 6.54 Å². The number of carbonyl (C=O) groups excluding carboxylic acids is 2. The summed E-state index contributed by atoms with van der Waals surface area (Å²) in [5.41, 5.74) is 1.47. The first kappa shape index (κ1) is 33.8. The summed E-state index contributed by atoms with van der Waals surface area (Å²) in [5.74, 6) is -0.632. The van der Waals surface area contributed by atoms with Crippen molar-refractivity contribution in [2.45, 2.75) is 89.8 Å². The number of aromatic nitrogens is 2. The molecule has 1 aromatic heterocycles. The number of rotatable bonds is 17. The van der Waals surface area contributed by atoms with E-state index in [0.29, 0.717) is 30.4 Å². The fraction of sp³-hybridized carbons (Fsp3) is 0.576. The number of hydrogen-bond donors (Lipinski definition) is 6. The van der Waals surface area contributed by atoms with Gasteiger partial charge in [-0.1, -0.05) is 82.4 Å². The molecule has 2 aromatic rings. The maximum atomic E-state index is 13.8. The molecule has 0 saturated heterocycles. The Balaban J connectivity index is 1.74. The van der Waals surface area contributed by atoms with Gasteiger partial charge in [-0.05, 0) is 36.2 Å². The normalized spacial score (nSPS) is 17.3. The lowest BCUT2D eigenvalue weighted by Crippen LogP contribution is -2.52. The van der Waals surface area contributed by atoms with Gasteiger partial charge in [-0.3, -0.25) is 9.59 Å². The minimum Gasteiger partial charge on any atom is -0.465 e. The number of aromatic amines is 1. The number of aliphatic hydroxyl groups is 1. The molecule has 3 amide bonds. The maximum Gasteiger partial charge on any atom is 0.405 e. The Bertz CT molecular complexity index is 1130. The molecule has 236 valence electrons. The van der Waals surface area contributed by atoms with E-state index in [4.69, 9.17) is 0 Å². The number of carboxylic acid groups (broad SMARTS) is 1. The highest BCUT2D eigenvalue weighted by Crippen LogP contribution is 2.30. The van der Waals surface area contributed by atoms with Crippen molar-refractivity contribution in [3.8, 4) is 0 Å². The third kappa shape index (κ3) is 11.5. The van der Waals surface area contributed by atoms with E-state index in [-0.39, 0.29) is 31.2 Å². The van der Waals surface area contributed by atoms with Gasteiger partial charge in [0.25, 0.3) is 0 Å². The van der Waals surface area contributed by atoms with Crippen LogP contribution >= 0.6 is 0 Å². The van der Waals surface area contributed by atoms with E-state index in [1.54, 1.807) is 6.20 Å². The zero-order valence-corrected chi connectivity index (χ0v) is 25.5. The zero-order valence-electron chi connectivity index (χ0n) is 25.5. The van der Waals surface area contributed by atoms with E-state index in [9.17, 15) is 24.6 Å². The molecule has 1 aliphatic carbocycles. The van der Waals surface area contributed by atoms with Gasteiger partial charge in [-0.2, -0.15) is 0 Å². The van der Waals surface area contributed by atoms with Gasteiger partial charge >= 0.3 is 6.09 Å². The highest BCUT2D eigenvalue weighted by Gasteiger charge is 2.31. The number of H-pyrrole nitrogens is 1. The molecule has 43 heavy (non-hydrogen) atoms. The number of carbonyl (C=O) groups is 3. The van der Waals surface area contributed by atoms with Crippen LogP contribution in [0.25, 0.3) is 0 Å². The molecule has 3 rings (SSSR count). The number of nitrogens with one attached hydrogen (secondary N) is 4. The maximum absolute atomic E-state index is 13.8. The molecule has 1 saturated carbocycles. The molecule has 0 unspecified atom stereocenters. The Labute approximate surface area is 255 Å². The van der Waals surface area contributed by atoms with Crippen molar-refractivity contribution in [2.24, 2.45) is 23.7 Å². The van der Waals surface area contributed by atoms with Crippen molar-refractivity contribution in [3.05, 3.63) is 66.8 Å². The predicted molar refractivity (Wildman–Crippen MR) is 166 cm³/mol. The lowest BCUT2D eigenvalue weighted by Gasteiger charge is -2.33. The summed E-state index contributed by atoms with van der Waals surface area (Å²) >= 11 is 0. The lowest BCUT2D eigenvalue weighted by atomic mass is 9.81. The minimum atomic E-state index is -1.30. The van der Waals surface area contributed by atoms with Crippen LogP contribution in [0.1, 0.15) is 70.1 Å². The zero-order chi connectivity index (χ0) is 31.2. The van der Waals surface area contributed by atoms with E-state index in [2.05, 4.69) is 46.3 Å². The lowest BCUT2D eigenvalue weighted by molar-refractivity contribution is -0.127. The first-order valence-electron chi connectivity index (χ1n) is 15.6. The number of aliphatic hydroxyl groups excluding tert-OH is 1. The Hall–Kier alpha value is -3.66. The highest BCUT2D eigenvalue weighted by molar-refractivity contribution is 5.86. The highest BCUT2D eigenvalue weighted by atomic mass is 16.4. The summed E-state index contributed by atoms with van der Waals surface area (Å²) < 4.78 is 0. The number of amides is 3. The van der Waals surface area contributed by atoms with E-state index < -0.39 is 36.1 Å². The first-order chi connectivity index (χ1) is 20.7. The standard InChI is InChI=1S/C33H49N5O5/c1-4-25(22(2)3)18-30(39)28(15-23-11-7-5-8-12-23)37-31(40)26(17-27-20-34-21-36-27)19-35-32(41)29(38-33(42)43)16-24-13-9-6-10-14-24/h4,6,9-10,13-14,20-23,25-26,28-30,38-39H,1,5,7-8,11-12,15-19H2,2-3H3,(H,34,36)(H,35,41)(H,37,40)(H,42,43)/t25-,26+,28-,29-,30-/m0/s1. The Kier molecular flexibility index (Phi) is 13.7. The van der Waals surface area contributed by atoms with Crippen molar-refractivity contribution in [1.82, 2.24) is 25.9 Å². The molecule has 10 heteroatoms. The van der Waals surface area contributed by atoms with E-state index >= 15 is 0 Å². The largest absolute Gasteiger partial charge is 0.465 e. The third-order valence-corrected chi connectivity index (χ3v) is 8.58. The number of benzene rings is 1. The van der Waals surface area contributed by atoms with Crippen molar-refractivity contribution >= 4 is 17.9 Å². The Morgan fingerprint density at radius 3 is 2.40 bits per heavy atom. The van der Waals surface area contributed by atoms with E-state index in [1.165, 1.54) is 12.7 Å². The minimum absolute atomic E-state index is 0.0162. The summed E-state index contributed by atoms with van der Waals surface area (Å²) in [6.45, 7) is 8.13. The van der Waals surface area contributed by atoms with Crippen molar-refractivity contribution in [1.29, 1.82) is 0 Å². The smallest absolute Gasteiger partial charge is 0.405 e. The molecular formula is C33H49N5O5. The van der Waals surface area contributed by atoms with Crippen molar-refractivity contribution < 1.29 is 24.6 Å². The van der Waals surface area contributed by atoms with E-state index in [0.717, 1.165) is 31.2 Å². The fourth-order valence-corrected chi connectivity index (χ4v) is 5.95. The molecule has 5 atom stereocenters. The summed E-state index contributed by atoms with van der Waals surface area (Å²) in [6.07, 6.45) is 10.4. The molecule has 0 bridgehead atoms. The van der Waals surface area contributed by atoms with Gasteiger partial charge in [0.05, 0.1) is 30.1 Å². The number of imidazole rings is 1. The average Bonchev–Trinajstić information content (AvgIpc) is 3.51. The second kappa shape index (κ2) is 17.5. The molecule has 1 aromatic carbocycles. The molecule has 1 heterocycles. The Morgan fingerprint density at radius 1 is 1.07 bits per heavy atom. The summed E-state index contributed by atoms with van der Waals surface area (Å²) in [5, 5.41) is 29.0. The van der Waals surface area contributed by atoms with Crippen LogP contribution in [0.3, 0.4) is 0 Å². The van der Waals surface area contributed by atoms with Gasteiger partial charge in [0.15, 0.2) is 0 Å². The molecule has 0 spiro atoms. The van der Waals surface area contributed by atoms with Crippen LogP contribution in [0.2, 0.25) is 0 Å². The van der Waals surface area contributed by atoms with E-state index in [1.807, 2.05) is 36.4 Å². The van der Waals surface area contributed by atoms with Crippen LogP contribution in [0.4, 0.5) is 4.79 Å². The number of nitrogens with zero attached hydrogens (tertiary/aromatic N) is 1. The average molecular weight is 596 g/mol. The monoisotopic (exact) mass is 595 g/mol. The summed E-state index contributed by atoms with van der Waals surface area (Å²) in [4.78, 5) is 45.6. The topological polar surface area (TPSA) is 156 Å². The summed E-state index contributed by atoms with van der Waals surface area (Å²) in [6, 6.07) is 7.69. The summed E-state index contributed by atoms with van der Waals surface area (Å²) in [7, 11) is 0. The predicted octanol–water partition coefficient (Wildman–Crippen LogP) is 4.23. The number of hydrogen-bond acceptors (Lipinski definition) is 5. The Morgan fingerprint density at radius 2 is 1.79 bits per heavy atom. The third-order valence-electron chi connectivity index (χ3n) is 8.58. The van der Waals surface area contributed by atoms with Crippen LogP contribution < -0.4 is 16.0 Å². The van der Waals surface area contributed by atoms with Crippen LogP contribution in [0.15, 0.2) is 55.5 Å². The molecule has 1 fully saturated rings.